The van der Waals surface area contributed by atoms with E-state index in [2.05, 4.69) is 4.72 Å². The molecule has 0 saturated heterocycles. The molecule has 126 valence electrons. The van der Waals surface area contributed by atoms with Gasteiger partial charge in [-0.1, -0.05) is 17.7 Å². The van der Waals surface area contributed by atoms with Crippen LogP contribution in [0.25, 0.3) is 0 Å². The van der Waals surface area contributed by atoms with Crippen molar-refractivity contribution in [3.8, 4) is 0 Å². The summed E-state index contributed by atoms with van der Waals surface area (Å²) in [6, 6.07) is 9.95. The number of sulfonamides is 1. The summed E-state index contributed by atoms with van der Waals surface area (Å²) in [6.45, 7) is 1.72. The van der Waals surface area contributed by atoms with Crippen LogP contribution in [-0.2, 0) is 21.2 Å². The van der Waals surface area contributed by atoms with Gasteiger partial charge in [-0.2, -0.15) is 0 Å². The highest BCUT2D eigenvalue weighted by molar-refractivity contribution is 7.92. The lowest BCUT2D eigenvalue weighted by Gasteiger charge is -2.26. The smallest absolute Gasteiger partial charge is 0.262 e. The Balaban J connectivity index is 1.94. The largest absolute Gasteiger partial charge is 0.315 e. The zero-order valence-corrected chi connectivity index (χ0v) is 14.9. The van der Waals surface area contributed by atoms with E-state index in [1.165, 1.54) is 6.07 Å². The Labute approximate surface area is 146 Å². The Kier molecular flexibility index (Phi) is 4.27. The summed E-state index contributed by atoms with van der Waals surface area (Å²) in [7, 11) is -2.01. The Bertz CT molecular complexity index is 925. The van der Waals surface area contributed by atoms with Gasteiger partial charge in [0.1, 0.15) is 0 Å². The number of anilines is 2. The van der Waals surface area contributed by atoms with Crippen LogP contribution in [0.15, 0.2) is 41.3 Å². The fourth-order valence-electron chi connectivity index (χ4n) is 2.79. The van der Waals surface area contributed by atoms with Gasteiger partial charge in [0.05, 0.1) is 4.90 Å². The maximum atomic E-state index is 12.6. The van der Waals surface area contributed by atoms with Gasteiger partial charge in [-0.25, -0.2) is 8.42 Å². The Hall–Kier alpha value is -2.05. The predicted molar refractivity (Wildman–Crippen MR) is 95.2 cm³/mol. The van der Waals surface area contributed by atoms with E-state index < -0.39 is 10.0 Å². The molecular weight excluding hydrogens is 348 g/mol. The molecule has 2 aromatic carbocycles. The topological polar surface area (TPSA) is 66.5 Å². The average Bonchev–Trinajstić information content (AvgIpc) is 2.53. The van der Waals surface area contributed by atoms with Crippen LogP contribution in [-0.4, -0.2) is 21.4 Å². The van der Waals surface area contributed by atoms with Gasteiger partial charge in [0.2, 0.25) is 5.91 Å². The van der Waals surface area contributed by atoms with Gasteiger partial charge >= 0.3 is 0 Å². The molecule has 2 aromatic rings. The number of rotatable bonds is 3. The summed E-state index contributed by atoms with van der Waals surface area (Å²) in [5.41, 5.74) is 2.85. The molecule has 1 N–H and O–H groups in total. The molecule has 0 radical (unpaired) electrons. The van der Waals surface area contributed by atoms with E-state index in [0.29, 0.717) is 29.1 Å². The fourth-order valence-corrected chi connectivity index (χ4v) is 4.35. The fraction of sp³-hybridized carbons (Fsp3) is 0.235. The summed E-state index contributed by atoms with van der Waals surface area (Å²) in [5, 5.41) is 0.367. The molecule has 1 heterocycles. The number of carbonyl (C=O) groups is 1. The van der Waals surface area contributed by atoms with Crippen LogP contribution < -0.4 is 9.62 Å². The molecule has 0 aliphatic carbocycles. The number of nitrogens with zero attached hydrogens (tertiary/aromatic N) is 1. The molecule has 5 nitrogen and oxygen atoms in total. The third-order valence-corrected chi connectivity index (χ3v) is 5.87. The minimum absolute atomic E-state index is 0.0605. The summed E-state index contributed by atoms with van der Waals surface area (Å²) in [5.74, 6) is 0.0605. The van der Waals surface area contributed by atoms with Crippen LogP contribution in [0, 0.1) is 6.92 Å². The zero-order valence-electron chi connectivity index (χ0n) is 13.3. The van der Waals surface area contributed by atoms with Crippen LogP contribution in [0.5, 0.6) is 0 Å². The lowest BCUT2D eigenvalue weighted by molar-refractivity contribution is -0.118. The van der Waals surface area contributed by atoms with Crippen LogP contribution in [0.1, 0.15) is 17.5 Å². The molecule has 0 aromatic heterocycles. The Morgan fingerprint density at radius 2 is 1.88 bits per heavy atom. The van der Waals surface area contributed by atoms with E-state index >= 15 is 0 Å². The van der Waals surface area contributed by atoms with E-state index in [0.717, 1.165) is 11.3 Å². The first-order chi connectivity index (χ1) is 11.3. The molecule has 0 spiro atoms. The van der Waals surface area contributed by atoms with Gasteiger partial charge in [0.15, 0.2) is 0 Å². The number of carbonyl (C=O) groups excluding carboxylic acids is 1. The molecule has 3 rings (SSSR count). The number of hydrogen-bond acceptors (Lipinski definition) is 3. The molecule has 24 heavy (non-hydrogen) atoms. The normalized spacial score (nSPS) is 14.5. The molecule has 7 heteroatoms. The van der Waals surface area contributed by atoms with Crippen LogP contribution in [0.4, 0.5) is 11.4 Å². The zero-order chi connectivity index (χ0) is 17.5. The molecule has 0 bridgehead atoms. The van der Waals surface area contributed by atoms with E-state index in [4.69, 9.17) is 11.6 Å². The van der Waals surface area contributed by atoms with Crippen molar-refractivity contribution < 1.29 is 13.2 Å². The maximum absolute atomic E-state index is 12.6. The van der Waals surface area contributed by atoms with E-state index in [9.17, 15) is 13.2 Å². The summed E-state index contributed by atoms with van der Waals surface area (Å²) >= 11 is 5.92. The highest BCUT2D eigenvalue weighted by atomic mass is 35.5. The number of amides is 1. The Morgan fingerprint density at radius 1 is 1.12 bits per heavy atom. The highest BCUT2D eigenvalue weighted by Gasteiger charge is 2.22. The molecule has 0 unspecified atom stereocenters. The van der Waals surface area contributed by atoms with Crippen LogP contribution >= 0.6 is 11.6 Å². The van der Waals surface area contributed by atoms with Crippen molar-refractivity contribution in [2.45, 2.75) is 24.7 Å². The first kappa shape index (κ1) is 16.8. The van der Waals surface area contributed by atoms with Crippen molar-refractivity contribution >= 4 is 38.9 Å². The number of nitrogens with one attached hydrogen (secondary N) is 1. The van der Waals surface area contributed by atoms with Crippen molar-refractivity contribution in [2.75, 3.05) is 16.7 Å². The molecule has 1 aliphatic heterocycles. The van der Waals surface area contributed by atoms with Crippen molar-refractivity contribution in [2.24, 2.45) is 0 Å². The minimum atomic E-state index is -3.73. The third kappa shape index (κ3) is 3.12. The van der Waals surface area contributed by atoms with Gasteiger partial charge in [-0.15, -0.1) is 0 Å². The molecular formula is C17H17ClN2O3S. The van der Waals surface area contributed by atoms with E-state index in [1.54, 1.807) is 49.2 Å². The number of fused-ring (bicyclic) bond motifs is 1. The minimum Gasteiger partial charge on any atom is -0.315 e. The van der Waals surface area contributed by atoms with Crippen molar-refractivity contribution in [3.63, 3.8) is 0 Å². The lowest BCUT2D eigenvalue weighted by Crippen LogP contribution is -2.31. The number of halogens is 1. The van der Waals surface area contributed by atoms with Crippen LogP contribution in [0.2, 0.25) is 5.02 Å². The van der Waals surface area contributed by atoms with E-state index in [1.807, 2.05) is 0 Å². The molecule has 1 aliphatic rings. The van der Waals surface area contributed by atoms with Crippen molar-refractivity contribution in [1.29, 1.82) is 0 Å². The van der Waals surface area contributed by atoms with Crippen molar-refractivity contribution in [1.82, 2.24) is 0 Å². The SMILES string of the molecule is Cc1ccc(Cl)cc1S(=O)(=O)Nc1ccc2c(c1)CCC(=O)N2C. The predicted octanol–water partition coefficient (Wildman–Crippen LogP) is 3.36. The maximum Gasteiger partial charge on any atom is 0.262 e. The van der Waals surface area contributed by atoms with Gasteiger partial charge in [-0.3, -0.25) is 9.52 Å². The lowest BCUT2D eigenvalue weighted by atomic mass is 10.0. The second-order valence-electron chi connectivity index (χ2n) is 5.81. The molecule has 0 fully saturated rings. The third-order valence-electron chi connectivity index (χ3n) is 4.12. The first-order valence-corrected chi connectivity index (χ1v) is 9.32. The summed E-state index contributed by atoms with van der Waals surface area (Å²) < 4.78 is 27.8. The quantitative estimate of drug-likeness (QED) is 0.908. The number of benzene rings is 2. The second-order valence-corrected chi connectivity index (χ2v) is 7.90. The van der Waals surface area contributed by atoms with Gasteiger partial charge in [0, 0.05) is 29.9 Å². The van der Waals surface area contributed by atoms with Gasteiger partial charge < -0.3 is 4.90 Å². The van der Waals surface area contributed by atoms with Gasteiger partial charge in [0.25, 0.3) is 10.0 Å². The van der Waals surface area contributed by atoms with Crippen molar-refractivity contribution in [3.05, 3.63) is 52.5 Å². The number of hydrogen-bond donors (Lipinski definition) is 1. The molecule has 1 amide bonds. The monoisotopic (exact) mass is 364 g/mol. The summed E-state index contributed by atoms with van der Waals surface area (Å²) in [6.07, 6.45) is 1.03. The second kappa shape index (κ2) is 6.11. The first-order valence-electron chi connectivity index (χ1n) is 7.46. The number of aryl methyl sites for hydroxylation is 2. The summed E-state index contributed by atoms with van der Waals surface area (Å²) in [4.78, 5) is 13.5. The average molecular weight is 365 g/mol. The highest BCUT2D eigenvalue weighted by Crippen LogP contribution is 2.30. The Morgan fingerprint density at radius 3 is 2.62 bits per heavy atom. The van der Waals surface area contributed by atoms with Crippen LogP contribution in [0.3, 0.4) is 0 Å². The molecule has 0 atom stereocenters. The molecule has 0 saturated carbocycles. The van der Waals surface area contributed by atoms with E-state index in [-0.39, 0.29) is 10.8 Å². The van der Waals surface area contributed by atoms with Gasteiger partial charge in [-0.05, 0) is 54.8 Å². The standard InChI is InChI=1S/C17H17ClN2O3S/c1-11-3-5-13(18)10-16(11)24(22,23)19-14-6-7-15-12(9-14)4-8-17(21)20(15)2/h3,5-7,9-10,19H,4,8H2,1-2H3.